The second-order valence-electron chi connectivity index (χ2n) is 5.18. The summed E-state index contributed by atoms with van der Waals surface area (Å²) in [5.74, 6) is -0.0821. The van der Waals surface area contributed by atoms with Gasteiger partial charge in [0.1, 0.15) is 0 Å². The van der Waals surface area contributed by atoms with E-state index in [1.165, 1.54) is 5.56 Å². The first-order chi connectivity index (χ1) is 9.95. The Balaban J connectivity index is 1.97. The number of halogens is 1. The van der Waals surface area contributed by atoms with E-state index in [0.717, 1.165) is 22.5 Å². The van der Waals surface area contributed by atoms with E-state index in [0.29, 0.717) is 5.02 Å². The van der Waals surface area contributed by atoms with Crippen LogP contribution >= 0.6 is 11.6 Å². The largest absolute Gasteiger partial charge is 0.376 e. The summed E-state index contributed by atoms with van der Waals surface area (Å²) in [6.07, 6.45) is 0. The number of amides is 1. The molecule has 0 aliphatic carbocycles. The van der Waals surface area contributed by atoms with Gasteiger partial charge in [-0.05, 0) is 50.1 Å². The first kappa shape index (κ1) is 15.4. The molecule has 0 unspecified atom stereocenters. The average Bonchev–Trinajstić information content (AvgIpc) is 2.43. The fourth-order valence-corrected chi connectivity index (χ4v) is 2.28. The van der Waals surface area contributed by atoms with Crippen LogP contribution in [0.25, 0.3) is 0 Å². The van der Waals surface area contributed by atoms with Crippen LogP contribution in [0.15, 0.2) is 36.4 Å². The highest BCUT2D eigenvalue weighted by Gasteiger charge is 2.06. The van der Waals surface area contributed by atoms with Gasteiger partial charge in [-0.2, -0.15) is 0 Å². The van der Waals surface area contributed by atoms with Crippen LogP contribution in [-0.4, -0.2) is 12.5 Å². The van der Waals surface area contributed by atoms with Gasteiger partial charge in [0.2, 0.25) is 5.91 Å². The highest BCUT2D eigenvalue weighted by molar-refractivity contribution is 6.30. The summed E-state index contributed by atoms with van der Waals surface area (Å²) in [4.78, 5) is 12.0. The standard InChI is InChI=1S/C17H19ClN2O/c1-11-4-7-15(13(3)8-11)20-17(21)10-19-16-9-14(18)6-5-12(16)2/h4-9,19H,10H2,1-3H3,(H,20,21). The SMILES string of the molecule is Cc1ccc(NC(=O)CNc2cc(Cl)ccc2C)c(C)c1. The van der Waals surface area contributed by atoms with E-state index < -0.39 is 0 Å². The number of hydrogen-bond acceptors (Lipinski definition) is 2. The molecule has 0 radical (unpaired) electrons. The molecule has 0 saturated carbocycles. The van der Waals surface area contributed by atoms with E-state index in [4.69, 9.17) is 11.6 Å². The van der Waals surface area contributed by atoms with Gasteiger partial charge in [-0.3, -0.25) is 4.79 Å². The molecule has 0 atom stereocenters. The molecule has 0 aliphatic heterocycles. The molecule has 1 amide bonds. The number of nitrogens with one attached hydrogen (secondary N) is 2. The van der Waals surface area contributed by atoms with E-state index in [1.807, 2.05) is 57.2 Å². The van der Waals surface area contributed by atoms with Crippen molar-refractivity contribution in [2.75, 3.05) is 17.2 Å². The molecule has 0 saturated heterocycles. The van der Waals surface area contributed by atoms with Crippen molar-refractivity contribution in [2.45, 2.75) is 20.8 Å². The topological polar surface area (TPSA) is 41.1 Å². The van der Waals surface area contributed by atoms with Crippen molar-refractivity contribution in [3.05, 3.63) is 58.1 Å². The fourth-order valence-electron chi connectivity index (χ4n) is 2.11. The van der Waals surface area contributed by atoms with Gasteiger partial charge in [-0.15, -0.1) is 0 Å². The number of anilines is 2. The summed E-state index contributed by atoms with van der Waals surface area (Å²) in [7, 11) is 0. The lowest BCUT2D eigenvalue weighted by molar-refractivity contribution is -0.114. The molecule has 0 spiro atoms. The lowest BCUT2D eigenvalue weighted by Gasteiger charge is -2.12. The van der Waals surface area contributed by atoms with Crippen LogP contribution < -0.4 is 10.6 Å². The van der Waals surface area contributed by atoms with Crippen LogP contribution in [0.3, 0.4) is 0 Å². The molecule has 0 bridgehead atoms. The number of carbonyl (C=O) groups is 1. The summed E-state index contributed by atoms with van der Waals surface area (Å²) in [6, 6.07) is 11.5. The van der Waals surface area contributed by atoms with Crippen LogP contribution in [-0.2, 0) is 4.79 Å². The monoisotopic (exact) mass is 302 g/mol. The maximum Gasteiger partial charge on any atom is 0.243 e. The zero-order chi connectivity index (χ0) is 15.4. The zero-order valence-corrected chi connectivity index (χ0v) is 13.2. The van der Waals surface area contributed by atoms with Crippen molar-refractivity contribution in [1.29, 1.82) is 0 Å². The molecule has 2 aromatic carbocycles. The molecule has 0 heterocycles. The number of carbonyl (C=O) groups excluding carboxylic acids is 1. The third-order valence-corrected chi connectivity index (χ3v) is 3.53. The molecular weight excluding hydrogens is 284 g/mol. The van der Waals surface area contributed by atoms with Gasteiger partial charge in [-0.1, -0.05) is 35.4 Å². The molecule has 21 heavy (non-hydrogen) atoms. The molecule has 0 aromatic heterocycles. The van der Waals surface area contributed by atoms with Gasteiger partial charge in [-0.25, -0.2) is 0 Å². The Morgan fingerprint density at radius 2 is 1.76 bits per heavy atom. The fraction of sp³-hybridized carbons (Fsp3) is 0.235. The first-order valence-electron chi connectivity index (χ1n) is 6.83. The van der Waals surface area contributed by atoms with Crippen molar-refractivity contribution in [3.63, 3.8) is 0 Å². The summed E-state index contributed by atoms with van der Waals surface area (Å²) in [5, 5.41) is 6.67. The van der Waals surface area contributed by atoms with Crippen molar-refractivity contribution in [3.8, 4) is 0 Å². The van der Waals surface area contributed by atoms with Gasteiger partial charge < -0.3 is 10.6 Å². The van der Waals surface area contributed by atoms with E-state index >= 15 is 0 Å². The average molecular weight is 303 g/mol. The molecule has 4 heteroatoms. The van der Waals surface area contributed by atoms with Crippen LogP contribution in [0.4, 0.5) is 11.4 Å². The van der Waals surface area contributed by atoms with Gasteiger partial charge in [0.15, 0.2) is 0 Å². The second kappa shape index (κ2) is 6.64. The molecule has 2 aromatic rings. The predicted molar refractivity (Wildman–Crippen MR) is 89.2 cm³/mol. The van der Waals surface area contributed by atoms with Crippen molar-refractivity contribution >= 4 is 28.9 Å². The normalized spacial score (nSPS) is 10.3. The maximum absolute atomic E-state index is 12.0. The Morgan fingerprint density at radius 1 is 1.00 bits per heavy atom. The van der Waals surface area contributed by atoms with Crippen molar-refractivity contribution in [2.24, 2.45) is 0 Å². The molecule has 2 rings (SSSR count). The zero-order valence-electron chi connectivity index (χ0n) is 12.5. The smallest absolute Gasteiger partial charge is 0.243 e. The van der Waals surface area contributed by atoms with Gasteiger partial charge >= 0.3 is 0 Å². The first-order valence-corrected chi connectivity index (χ1v) is 7.20. The van der Waals surface area contributed by atoms with Crippen LogP contribution in [0.1, 0.15) is 16.7 Å². The van der Waals surface area contributed by atoms with Gasteiger partial charge in [0.05, 0.1) is 6.54 Å². The Hall–Kier alpha value is -2.00. The minimum atomic E-state index is -0.0821. The summed E-state index contributed by atoms with van der Waals surface area (Å²) in [6.45, 7) is 6.19. The molecule has 2 N–H and O–H groups in total. The predicted octanol–water partition coefficient (Wildman–Crippen LogP) is 4.32. The third-order valence-electron chi connectivity index (χ3n) is 3.30. The van der Waals surface area contributed by atoms with E-state index in [2.05, 4.69) is 10.6 Å². The van der Waals surface area contributed by atoms with Crippen LogP contribution in [0, 0.1) is 20.8 Å². The number of hydrogen-bond donors (Lipinski definition) is 2. The molecular formula is C17H19ClN2O. The van der Waals surface area contributed by atoms with Crippen LogP contribution in [0.2, 0.25) is 5.02 Å². The van der Waals surface area contributed by atoms with Crippen molar-refractivity contribution < 1.29 is 4.79 Å². The minimum Gasteiger partial charge on any atom is -0.376 e. The third kappa shape index (κ3) is 4.23. The van der Waals surface area contributed by atoms with Crippen LogP contribution in [0.5, 0.6) is 0 Å². The quantitative estimate of drug-likeness (QED) is 0.883. The number of benzene rings is 2. The van der Waals surface area contributed by atoms with E-state index in [-0.39, 0.29) is 12.5 Å². The lowest BCUT2D eigenvalue weighted by Crippen LogP contribution is -2.22. The highest BCUT2D eigenvalue weighted by Crippen LogP contribution is 2.20. The Labute approximate surface area is 130 Å². The summed E-state index contributed by atoms with van der Waals surface area (Å²) < 4.78 is 0. The number of aryl methyl sites for hydroxylation is 3. The Kier molecular flexibility index (Phi) is 4.86. The van der Waals surface area contributed by atoms with Gasteiger partial charge in [0, 0.05) is 16.4 Å². The van der Waals surface area contributed by atoms with Gasteiger partial charge in [0.25, 0.3) is 0 Å². The molecule has 3 nitrogen and oxygen atoms in total. The maximum atomic E-state index is 12.0. The molecule has 0 aliphatic rings. The second-order valence-corrected chi connectivity index (χ2v) is 5.62. The lowest BCUT2D eigenvalue weighted by atomic mass is 10.1. The Morgan fingerprint density at radius 3 is 2.48 bits per heavy atom. The molecule has 110 valence electrons. The summed E-state index contributed by atoms with van der Waals surface area (Å²) >= 11 is 5.96. The minimum absolute atomic E-state index is 0.0821. The van der Waals surface area contributed by atoms with E-state index in [9.17, 15) is 4.79 Å². The summed E-state index contributed by atoms with van der Waals surface area (Å²) in [5.41, 5.74) is 5.01. The highest BCUT2D eigenvalue weighted by atomic mass is 35.5. The number of rotatable bonds is 4. The molecule has 0 fully saturated rings. The Bertz CT molecular complexity index is 668. The van der Waals surface area contributed by atoms with E-state index in [1.54, 1.807) is 0 Å². The van der Waals surface area contributed by atoms with Crippen molar-refractivity contribution in [1.82, 2.24) is 0 Å².